The highest BCUT2D eigenvalue weighted by Gasteiger charge is 2.17. The van der Waals surface area contributed by atoms with Gasteiger partial charge < -0.3 is 0 Å². The molecule has 0 aliphatic rings. The quantitative estimate of drug-likeness (QED) is 0.193. The molecule has 4 nitrogen and oxygen atoms in total. The van der Waals surface area contributed by atoms with E-state index in [9.17, 15) is 0 Å². The van der Waals surface area contributed by atoms with E-state index in [0.29, 0.717) is 0 Å². The SMILES string of the molecule is c1ccc(-c2ccnc(-c3cc4ccc5cc(-c6cc(-c7ccccn7)ccn6)c6ccccc6c5c4c4ccccc34)c2)nc1. The van der Waals surface area contributed by atoms with Crippen LogP contribution in [0.4, 0.5) is 0 Å². The molecule has 4 aromatic heterocycles. The summed E-state index contributed by atoms with van der Waals surface area (Å²) in [5.74, 6) is 0. The van der Waals surface area contributed by atoms with Crippen LogP contribution in [0.2, 0.25) is 0 Å². The Kier molecular flexibility index (Phi) is 6.10. The summed E-state index contributed by atoms with van der Waals surface area (Å²) in [4.78, 5) is 18.8. The molecular formula is C42H26N4. The average molecular weight is 587 g/mol. The molecule has 0 aliphatic carbocycles. The zero-order chi connectivity index (χ0) is 30.5. The van der Waals surface area contributed by atoms with E-state index in [1.165, 1.54) is 43.1 Å². The van der Waals surface area contributed by atoms with Crippen molar-refractivity contribution in [1.29, 1.82) is 0 Å². The van der Waals surface area contributed by atoms with Gasteiger partial charge in [0.25, 0.3) is 0 Å². The van der Waals surface area contributed by atoms with Crippen LogP contribution >= 0.6 is 0 Å². The van der Waals surface area contributed by atoms with Crippen LogP contribution in [-0.4, -0.2) is 19.9 Å². The van der Waals surface area contributed by atoms with Gasteiger partial charge in [0, 0.05) is 47.0 Å². The van der Waals surface area contributed by atoms with Crippen molar-refractivity contribution < 1.29 is 0 Å². The van der Waals surface area contributed by atoms with Crippen LogP contribution in [0.3, 0.4) is 0 Å². The van der Waals surface area contributed by atoms with E-state index >= 15 is 0 Å². The minimum Gasteiger partial charge on any atom is -0.256 e. The van der Waals surface area contributed by atoms with Gasteiger partial charge in [0.15, 0.2) is 0 Å². The lowest BCUT2D eigenvalue weighted by atomic mass is 9.88. The summed E-state index contributed by atoms with van der Waals surface area (Å²) in [5.41, 5.74) is 8.04. The third-order valence-corrected chi connectivity index (χ3v) is 8.84. The third kappa shape index (κ3) is 4.31. The van der Waals surface area contributed by atoms with E-state index in [4.69, 9.17) is 9.97 Å². The van der Waals surface area contributed by atoms with Crippen LogP contribution in [0, 0.1) is 0 Å². The van der Waals surface area contributed by atoms with Crippen molar-refractivity contribution in [3.63, 3.8) is 0 Å². The van der Waals surface area contributed by atoms with Crippen molar-refractivity contribution in [2.45, 2.75) is 0 Å². The van der Waals surface area contributed by atoms with Gasteiger partial charge >= 0.3 is 0 Å². The van der Waals surface area contributed by atoms with Crippen LogP contribution in [0.1, 0.15) is 0 Å². The molecule has 0 unspecified atom stereocenters. The van der Waals surface area contributed by atoms with Gasteiger partial charge in [0.2, 0.25) is 0 Å². The molecule has 0 amide bonds. The molecule has 46 heavy (non-hydrogen) atoms. The van der Waals surface area contributed by atoms with Crippen LogP contribution in [-0.2, 0) is 0 Å². The number of hydrogen-bond donors (Lipinski definition) is 0. The molecule has 0 bridgehead atoms. The highest BCUT2D eigenvalue weighted by Crippen LogP contribution is 2.43. The molecule has 214 valence electrons. The highest BCUT2D eigenvalue weighted by molar-refractivity contribution is 6.30. The molecule has 0 N–H and O–H groups in total. The minimum absolute atomic E-state index is 0.931. The minimum atomic E-state index is 0.931. The number of nitrogens with zero attached hydrogens (tertiary/aromatic N) is 4. The van der Waals surface area contributed by atoms with Gasteiger partial charge in [-0.1, -0.05) is 72.8 Å². The van der Waals surface area contributed by atoms with Crippen LogP contribution < -0.4 is 0 Å². The number of hydrogen-bond acceptors (Lipinski definition) is 4. The summed E-state index contributed by atoms with van der Waals surface area (Å²) < 4.78 is 0. The smallest absolute Gasteiger partial charge is 0.0715 e. The molecule has 0 spiro atoms. The maximum absolute atomic E-state index is 4.84. The first-order chi connectivity index (χ1) is 22.8. The fraction of sp³-hybridized carbons (Fsp3) is 0. The maximum atomic E-state index is 4.84. The molecular weight excluding hydrogens is 560 g/mol. The Hall–Kier alpha value is -6.26. The molecule has 0 saturated carbocycles. The zero-order valence-electron chi connectivity index (χ0n) is 24.8. The topological polar surface area (TPSA) is 51.6 Å². The number of aromatic nitrogens is 4. The van der Waals surface area contributed by atoms with Gasteiger partial charge in [-0.05, 0) is 104 Å². The summed E-state index contributed by atoms with van der Waals surface area (Å²) >= 11 is 0. The Bertz CT molecular complexity index is 2400. The van der Waals surface area contributed by atoms with E-state index in [2.05, 4.69) is 94.9 Å². The fourth-order valence-corrected chi connectivity index (χ4v) is 6.76. The molecule has 0 fully saturated rings. The van der Waals surface area contributed by atoms with Gasteiger partial charge in [0.1, 0.15) is 0 Å². The average Bonchev–Trinajstić information content (AvgIpc) is 3.14. The molecule has 0 atom stereocenters. The van der Waals surface area contributed by atoms with E-state index in [1.54, 1.807) is 0 Å². The second-order valence-corrected chi connectivity index (χ2v) is 11.5. The normalized spacial score (nSPS) is 11.5. The van der Waals surface area contributed by atoms with Crippen molar-refractivity contribution in [2.24, 2.45) is 0 Å². The number of pyridine rings is 4. The summed E-state index contributed by atoms with van der Waals surface area (Å²) in [7, 11) is 0. The van der Waals surface area contributed by atoms with Crippen LogP contribution in [0.25, 0.3) is 88.1 Å². The number of fused-ring (bicyclic) bond motifs is 7. The lowest BCUT2D eigenvalue weighted by Crippen LogP contribution is -1.92. The third-order valence-electron chi connectivity index (χ3n) is 8.84. The van der Waals surface area contributed by atoms with Crippen molar-refractivity contribution in [3.05, 3.63) is 158 Å². The monoisotopic (exact) mass is 586 g/mol. The van der Waals surface area contributed by atoms with Crippen molar-refractivity contribution in [3.8, 4) is 45.0 Å². The standard InChI is InChI=1S/C42H26N4/c1-3-11-33-31(9-1)35(39-25-27(17-21-45-39)37-13-5-7-19-43-37)23-29-15-16-30-24-36(32-10-2-4-12-34(32)42(30)41(29)33)40-26-28(18-22-46-40)38-14-6-8-20-44-38/h1-26H. The first kappa shape index (κ1) is 26.2. The molecule has 5 aromatic carbocycles. The predicted molar refractivity (Wildman–Crippen MR) is 189 cm³/mol. The predicted octanol–water partition coefficient (Wildman–Crippen LogP) is 10.5. The lowest BCUT2D eigenvalue weighted by Gasteiger charge is -2.16. The Morgan fingerprint density at radius 2 is 0.717 bits per heavy atom. The maximum Gasteiger partial charge on any atom is 0.0715 e. The van der Waals surface area contributed by atoms with Crippen molar-refractivity contribution in [1.82, 2.24) is 19.9 Å². The molecule has 9 rings (SSSR count). The second-order valence-electron chi connectivity index (χ2n) is 11.5. The summed E-state index contributed by atoms with van der Waals surface area (Å²) in [6.07, 6.45) is 7.42. The van der Waals surface area contributed by atoms with Gasteiger partial charge in [-0.15, -0.1) is 0 Å². The molecule has 0 radical (unpaired) electrons. The van der Waals surface area contributed by atoms with Crippen molar-refractivity contribution >= 4 is 43.1 Å². The number of benzene rings is 5. The van der Waals surface area contributed by atoms with Gasteiger partial charge in [-0.2, -0.15) is 0 Å². The first-order valence-electron chi connectivity index (χ1n) is 15.4. The lowest BCUT2D eigenvalue weighted by molar-refractivity contribution is 1.29. The second kappa shape index (κ2) is 10.7. The van der Waals surface area contributed by atoms with Crippen LogP contribution in [0.5, 0.6) is 0 Å². The molecule has 4 heteroatoms. The summed E-state index contributed by atoms with van der Waals surface area (Å²) in [5, 5.41) is 9.61. The van der Waals surface area contributed by atoms with Gasteiger partial charge in [-0.25, -0.2) is 0 Å². The summed E-state index contributed by atoms with van der Waals surface area (Å²) in [6, 6.07) is 46.8. The molecule has 9 aromatic rings. The molecule has 0 aliphatic heterocycles. The highest BCUT2D eigenvalue weighted by atomic mass is 14.7. The van der Waals surface area contributed by atoms with Gasteiger partial charge in [-0.3, -0.25) is 19.9 Å². The van der Waals surface area contributed by atoms with Crippen molar-refractivity contribution in [2.75, 3.05) is 0 Å². The fourth-order valence-electron chi connectivity index (χ4n) is 6.76. The Labute approximate surface area is 265 Å². The largest absolute Gasteiger partial charge is 0.256 e. The Morgan fingerprint density at radius 3 is 1.15 bits per heavy atom. The zero-order valence-corrected chi connectivity index (χ0v) is 24.8. The number of rotatable bonds is 4. The van der Waals surface area contributed by atoms with Crippen LogP contribution in [0.15, 0.2) is 158 Å². The van der Waals surface area contributed by atoms with Gasteiger partial charge in [0.05, 0.1) is 22.8 Å². The Morgan fingerprint density at radius 1 is 0.304 bits per heavy atom. The van der Waals surface area contributed by atoms with E-state index in [1.807, 2.05) is 73.3 Å². The summed E-state index contributed by atoms with van der Waals surface area (Å²) in [6.45, 7) is 0. The molecule has 0 saturated heterocycles. The van der Waals surface area contributed by atoms with E-state index < -0.39 is 0 Å². The molecule has 4 heterocycles. The van der Waals surface area contributed by atoms with E-state index in [0.717, 1.165) is 45.0 Å². The Balaban J connectivity index is 1.30. The van der Waals surface area contributed by atoms with E-state index in [-0.39, 0.29) is 0 Å². The first-order valence-corrected chi connectivity index (χ1v) is 15.4.